The Morgan fingerprint density at radius 3 is 2.93 bits per heavy atom. The van der Waals surface area contributed by atoms with Gasteiger partial charge in [-0.1, -0.05) is 0 Å². The molecule has 0 saturated carbocycles. The van der Waals surface area contributed by atoms with Crippen molar-refractivity contribution in [3.05, 3.63) is 23.7 Å². The fraction of sp³-hybridized carbons (Fsp3) is 0.600. The Morgan fingerprint density at radius 2 is 2.36 bits per heavy atom. The molecule has 3 nitrogen and oxygen atoms in total. The van der Waals surface area contributed by atoms with Crippen molar-refractivity contribution in [1.29, 1.82) is 0 Å². The minimum atomic E-state index is -0.674. The normalized spacial score (nSPS) is 13.0. The second-order valence-corrected chi connectivity index (χ2v) is 4.89. The van der Waals surface area contributed by atoms with E-state index in [1.54, 1.807) is 12.5 Å². The lowest BCUT2D eigenvalue weighted by atomic mass is 10.3. The molecular formula is C10H17NO2S. The summed E-state index contributed by atoms with van der Waals surface area (Å²) in [7, 11) is -0.674. The van der Waals surface area contributed by atoms with E-state index in [1.807, 2.05) is 13.0 Å². The average molecular weight is 215 g/mol. The first-order valence-corrected chi connectivity index (χ1v) is 6.46. The van der Waals surface area contributed by atoms with Gasteiger partial charge in [-0.3, -0.25) is 4.21 Å². The zero-order valence-electron chi connectivity index (χ0n) is 8.71. The van der Waals surface area contributed by atoms with E-state index in [9.17, 15) is 4.21 Å². The second kappa shape index (κ2) is 5.98. The predicted molar refractivity (Wildman–Crippen MR) is 58.7 cm³/mol. The summed E-state index contributed by atoms with van der Waals surface area (Å²) in [5.74, 6) is 1.76. The van der Waals surface area contributed by atoms with E-state index in [4.69, 9.17) is 4.42 Å². The third kappa shape index (κ3) is 4.07. The van der Waals surface area contributed by atoms with Gasteiger partial charge in [-0.05, 0) is 31.5 Å². The summed E-state index contributed by atoms with van der Waals surface area (Å²) in [4.78, 5) is 0. The number of nitrogens with one attached hydrogen (secondary N) is 1. The Labute approximate surface area is 87.3 Å². The molecule has 1 aromatic rings. The second-order valence-electron chi connectivity index (χ2n) is 3.33. The van der Waals surface area contributed by atoms with E-state index in [-0.39, 0.29) is 0 Å². The van der Waals surface area contributed by atoms with E-state index in [0.717, 1.165) is 31.0 Å². The van der Waals surface area contributed by atoms with Gasteiger partial charge in [-0.15, -0.1) is 0 Å². The monoisotopic (exact) mass is 215 g/mol. The lowest BCUT2D eigenvalue weighted by molar-refractivity contribution is 0.480. The van der Waals surface area contributed by atoms with Crippen molar-refractivity contribution in [2.75, 3.05) is 18.6 Å². The highest BCUT2D eigenvalue weighted by molar-refractivity contribution is 7.84. The van der Waals surface area contributed by atoms with Gasteiger partial charge in [0.1, 0.15) is 5.76 Å². The maximum atomic E-state index is 10.8. The van der Waals surface area contributed by atoms with E-state index in [0.29, 0.717) is 0 Å². The maximum absolute atomic E-state index is 10.8. The molecule has 1 N–H and O–H groups in total. The van der Waals surface area contributed by atoms with Crippen LogP contribution in [0.1, 0.15) is 17.7 Å². The van der Waals surface area contributed by atoms with Crippen molar-refractivity contribution in [2.24, 2.45) is 0 Å². The summed E-state index contributed by atoms with van der Waals surface area (Å²) in [5.41, 5.74) is 1.18. The van der Waals surface area contributed by atoms with Gasteiger partial charge < -0.3 is 9.73 Å². The molecule has 1 aromatic heterocycles. The van der Waals surface area contributed by atoms with Crippen molar-refractivity contribution in [3.63, 3.8) is 0 Å². The minimum Gasteiger partial charge on any atom is -0.468 e. The summed E-state index contributed by atoms with van der Waals surface area (Å²) in [6.45, 7) is 3.68. The molecule has 0 aliphatic rings. The van der Waals surface area contributed by atoms with Crippen LogP contribution < -0.4 is 5.32 Å². The fourth-order valence-electron chi connectivity index (χ4n) is 1.19. The van der Waals surface area contributed by atoms with Crippen LogP contribution in [-0.4, -0.2) is 22.8 Å². The molecule has 0 fully saturated rings. The highest BCUT2D eigenvalue weighted by Crippen LogP contribution is 2.07. The summed E-state index contributed by atoms with van der Waals surface area (Å²) >= 11 is 0. The molecular weight excluding hydrogens is 198 g/mol. The van der Waals surface area contributed by atoms with E-state index in [2.05, 4.69) is 5.32 Å². The molecule has 4 heteroatoms. The minimum absolute atomic E-state index is 0.674. The van der Waals surface area contributed by atoms with Crippen LogP contribution in [0.2, 0.25) is 0 Å². The van der Waals surface area contributed by atoms with Gasteiger partial charge in [0, 0.05) is 22.8 Å². The molecule has 14 heavy (non-hydrogen) atoms. The predicted octanol–water partition coefficient (Wildman–Crippen LogP) is 1.45. The smallest absolute Gasteiger partial charge is 0.120 e. The van der Waals surface area contributed by atoms with Gasteiger partial charge in [0.05, 0.1) is 12.8 Å². The molecule has 0 aliphatic carbocycles. The molecule has 80 valence electrons. The van der Waals surface area contributed by atoms with Crippen molar-refractivity contribution in [3.8, 4) is 0 Å². The highest BCUT2D eigenvalue weighted by Gasteiger charge is 2.00. The first kappa shape index (κ1) is 11.5. The summed E-state index contributed by atoms with van der Waals surface area (Å²) < 4.78 is 16.0. The molecule has 0 saturated heterocycles. The van der Waals surface area contributed by atoms with Crippen molar-refractivity contribution in [2.45, 2.75) is 19.9 Å². The molecule has 1 atom stereocenters. The van der Waals surface area contributed by atoms with Gasteiger partial charge in [0.15, 0.2) is 0 Å². The average Bonchev–Trinajstić information content (AvgIpc) is 2.51. The molecule has 0 aromatic carbocycles. The SMILES string of the molecule is Cc1ccoc1CNCCCS(C)=O. The van der Waals surface area contributed by atoms with Crippen LogP contribution in [0.25, 0.3) is 0 Å². The van der Waals surface area contributed by atoms with Gasteiger partial charge >= 0.3 is 0 Å². The quantitative estimate of drug-likeness (QED) is 0.730. The molecule has 0 radical (unpaired) electrons. The highest BCUT2D eigenvalue weighted by atomic mass is 32.2. The third-order valence-corrected chi connectivity index (χ3v) is 2.90. The number of rotatable bonds is 6. The summed E-state index contributed by atoms with van der Waals surface area (Å²) in [6.07, 6.45) is 4.38. The summed E-state index contributed by atoms with van der Waals surface area (Å²) in [6, 6.07) is 1.96. The largest absolute Gasteiger partial charge is 0.468 e. The molecule has 1 rings (SSSR count). The van der Waals surface area contributed by atoms with E-state index in [1.165, 1.54) is 5.56 Å². The van der Waals surface area contributed by atoms with E-state index < -0.39 is 10.8 Å². The van der Waals surface area contributed by atoms with Crippen molar-refractivity contribution >= 4 is 10.8 Å². The number of furan rings is 1. The molecule has 0 bridgehead atoms. The Kier molecular flexibility index (Phi) is 4.90. The Morgan fingerprint density at radius 1 is 1.57 bits per heavy atom. The van der Waals surface area contributed by atoms with Gasteiger partial charge in [-0.2, -0.15) is 0 Å². The number of hydrogen-bond donors (Lipinski definition) is 1. The van der Waals surface area contributed by atoms with Crippen LogP contribution in [0.15, 0.2) is 16.7 Å². The molecule has 0 amide bonds. The first-order valence-electron chi connectivity index (χ1n) is 4.74. The Bertz CT molecular complexity index is 296. The molecule has 1 heterocycles. The zero-order chi connectivity index (χ0) is 10.4. The topological polar surface area (TPSA) is 42.2 Å². The van der Waals surface area contributed by atoms with Crippen LogP contribution in [0.5, 0.6) is 0 Å². The van der Waals surface area contributed by atoms with E-state index >= 15 is 0 Å². The summed E-state index contributed by atoms with van der Waals surface area (Å²) in [5, 5.41) is 3.26. The van der Waals surface area contributed by atoms with Crippen molar-refractivity contribution < 1.29 is 8.63 Å². The molecule has 0 spiro atoms. The lowest BCUT2D eigenvalue weighted by Gasteiger charge is -2.02. The van der Waals surface area contributed by atoms with Crippen LogP contribution in [-0.2, 0) is 17.3 Å². The van der Waals surface area contributed by atoms with Crippen LogP contribution in [0, 0.1) is 6.92 Å². The molecule has 1 unspecified atom stereocenters. The van der Waals surface area contributed by atoms with Crippen molar-refractivity contribution in [1.82, 2.24) is 5.32 Å². The van der Waals surface area contributed by atoms with Crippen LogP contribution in [0.4, 0.5) is 0 Å². The third-order valence-electron chi connectivity index (χ3n) is 2.04. The number of hydrogen-bond acceptors (Lipinski definition) is 3. The lowest BCUT2D eigenvalue weighted by Crippen LogP contribution is -2.16. The zero-order valence-corrected chi connectivity index (χ0v) is 9.52. The standard InChI is InChI=1S/C10H17NO2S/c1-9-4-6-13-10(9)8-11-5-3-7-14(2)12/h4,6,11H,3,5,7-8H2,1-2H3. The van der Waals surface area contributed by atoms with Crippen LogP contribution in [0.3, 0.4) is 0 Å². The van der Waals surface area contributed by atoms with Gasteiger partial charge in [-0.25, -0.2) is 0 Å². The maximum Gasteiger partial charge on any atom is 0.120 e. The Hall–Kier alpha value is -0.610. The van der Waals surface area contributed by atoms with Gasteiger partial charge in [0.25, 0.3) is 0 Å². The first-order chi connectivity index (χ1) is 6.70. The van der Waals surface area contributed by atoms with Gasteiger partial charge in [0.2, 0.25) is 0 Å². The van der Waals surface area contributed by atoms with Crippen LogP contribution >= 0.6 is 0 Å². The number of aryl methyl sites for hydroxylation is 1. The fourth-order valence-corrected chi connectivity index (χ4v) is 1.74. The molecule has 0 aliphatic heterocycles. The Balaban J connectivity index is 2.10.